The molecule has 0 radical (unpaired) electrons. The summed E-state index contributed by atoms with van der Waals surface area (Å²) in [5, 5.41) is 16.1. The van der Waals surface area contributed by atoms with Gasteiger partial charge in [0.15, 0.2) is 5.69 Å². The van der Waals surface area contributed by atoms with Crippen molar-refractivity contribution in [2.24, 2.45) is 0 Å². The molecule has 21 heavy (non-hydrogen) atoms. The minimum atomic E-state index is -1.06. The smallest absolute Gasteiger partial charge is 0.355 e. The van der Waals surface area contributed by atoms with Crippen molar-refractivity contribution in [1.29, 1.82) is 0 Å². The Balaban J connectivity index is 2.06. The van der Waals surface area contributed by atoms with Gasteiger partial charge in [0.05, 0.1) is 6.54 Å². The number of carboxylic acid groups (broad SMARTS) is 1. The van der Waals surface area contributed by atoms with Crippen molar-refractivity contribution >= 4 is 23.3 Å². The van der Waals surface area contributed by atoms with Crippen molar-refractivity contribution in [1.82, 2.24) is 15.6 Å². The number of unbranched alkanes of at least 4 members (excludes halogenated alkanes) is 1. The number of carbonyl (C=O) groups excluding carboxylic acids is 1. The summed E-state index contributed by atoms with van der Waals surface area (Å²) in [6.07, 6.45) is 2.93. The fourth-order valence-electron chi connectivity index (χ4n) is 1.43. The second kappa shape index (κ2) is 10.1. The zero-order valence-electron chi connectivity index (χ0n) is 12.1. The summed E-state index contributed by atoms with van der Waals surface area (Å²) < 4.78 is 5.37. The van der Waals surface area contributed by atoms with Gasteiger partial charge in [0.25, 0.3) is 0 Å². The molecule has 1 aromatic rings. The van der Waals surface area contributed by atoms with Crippen LogP contribution >= 0.6 is 11.3 Å². The third-order valence-electron chi connectivity index (χ3n) is 2.56. The lowest BCUT2D eigenvalue weighted by atomic mass is 10.4. The van der Waals surface area contributed by atoms with Gasteiger partial charge < -0.3 is 20.5 Å². The Morgan fingerprint density at radius 2 is 2.10 bits per heavy atom. The van der Waals surface area contributed by atoms with E-state index in [0.717, 1.165) is 25.9 Å². The number of aromatic carboxylic acids is 1. The zero-order chi connectivity index (χ0) is 15.5. The number of hydrogen-bond acceptors (Lipinski definition) is 5. The first-order chi connectivity index (χ1) is 10.1. The number of thiazole rings is 1. The maximum Gasteiger partial charge on any atom is 0.355 e. The van der Waals surface area contributed by atoms with Gasteiger partial charge >= 0.3 is 12.0 Å². The van der Waals surface area contributed by atoms with Gasteiger partial charge in [0.1, 0.15) is 5.01 Å². The third-order valence-corrected chi connectivity index (χ3v) is 3.41. The average Bonchev–Trinajstić information content (AvgIpc) is 2.93. The van der Waals surface area contributed by atoms with Crippen molar-refractivity contribution in [3.8, 4) is 0 Å². The van der Waals surface area contributed by atoms with Gasteiger partial charge in [0.2, 0.25) is 0 Å². The number of urea groups is 1. The highest BCUT2D eigenvalue weighted by molar-refractivity contribution is 7.09. The molecule has 0 saturated heterocycles. The lowest BCUT2D eigenvalue weighted by Crippen LogP contribution is -2.35. The molecule has 2 amide bonds. The van der Waals surface area contributed by atoms with Gasteiger partial charge in [-0.2, -0.15) is 0 Å². The normalized spacial score (nSPS) is 10.3. The Labute approximate surface area is 127 Å². The number of nitrogens with zero attached hydrogens (tertiary/aromatic N) is 1. The molecule has 3 N–H and O–H groups in total. The summed E-state index contributed by atoms with van der Waals surface area (Å²) in [6.45, 7) is 4.26. The van der Waals surface area contributed by atoms with Gasteiger partial charge in [0, 0.05) is 25.1 Å². The van der Waals surface area contributed by atoms with Crippen LogP contribution in [0.2, 0.25) is 0 Å². The number of carboxylic acids is 1. The van der Waals surface area contributed by atoms with Crippen LogP contribution in [0.3, 0.4) is 0 Å². The fraction of sp³-hybridized carbons (Fsp3) is 0.615. The maximum absolute atomic E-state index is 11.5. The van der Waals surface area contributed by atoms with E-state index in [1.807, 2.05) is 0 Å². The average molecular weight is 315 g/mol. The van der Waals surface area contributed by atoms with E-state index < -0.39 is 5.97 Å². The van der Waals surface area contributed by atoms with Gasteiger partial charge in [-0.3, -0.25) is 0 Å². The van der Waals surface area contributed by atoms with Crippen LogP contribution in [0.5, 0.6) is 0 Å². The van der Waals surface area contributed by atoms with E-state index in [1.54, 1.807) is 0 Å². The number of rotatable bonds is 10. The van der Waals surface area contributed by atoms with Crippen molar-refractivity contribution in [3.63, 3.8) is 0 Å². The Hall–Kier alpha value is -1.67. The molecule has 0 aliphatic heterocycles. The highest BCUT2D eigenvalue weighted by Crippen LogP contribution is 2.09. The SMILES string of the molecule is CCCCOCCCNC(=O)NCc1nc(C(=O)O)cs1. The summed E-state index contributed by atoms with van der Waals surface area (Å²) in [5.74, 6) is -1.06. The molecule has 0 saturated carbocycles. The second-order valence-corrected chi connectivity index (χ2v) is 5.30. The van der Waals surface area contributed by atoms with Crippen LogP contribution in [0.15, 0.2) is 5.38 Å². The molecule has 0 fully saturated rings. The van der Waals surface area contributed by atoms with E-state index in [9.17, 15) is 9.59 Å². The third kappa shape index (κ3) is 7.62. The van der Waals surface area contributed by atoms with Crippen LogP contribution < -0.4 is 10.6 Å². The molecule has 1 heterocycles. The van der Waals surface area contributed by atoms with Crippen LogP contribution in [0.25, 0.3) is 0 Å². The van der Waals surface area contributed by atoms with E-state index in [2.05, 4.69) is 22.5 Å². The first-order valence-corrected chi connectivity index (χ1v) is 7.78. The van der Waals surface area contributed by atoms with Gasteiger partial charge in [-0.15, -0.1) is 11.3 Å². The van der Waals surface area contributed by atoms with Crippen molar-refractivity contribution < 1.29 is 19.4 Å². The Morgan fingerprint density at radius 1 is 1.33 bits per heavy atom. The summed E-state index contributed by atoms with van der Waals surface area (Å²) in [5.41, 5.74) is 0.00133. The summed E-state index contributed by atoms with van der Waals surface area (Å²) in [7, 11) is 0. The highest BCUT2D eigenvalue weighted by Gasteiger charge is 2.09. The molecule has 7 nitrogen and oxygen atoms in total. The topological polar surface area (TPSA) is 101 Å². The molecule has 8 heteroatoms. The second-order valence-electron chi connectivity index (χ2n) is 4.36. The molecule has 0 aliphatic carbocycles. The lowest BCUT2D eigenvalue weighted by molar-refractivity contribution is 0.0691. The molecule has 1 rings (SSSR count). The molecule has 0 atom stereocenters. The monoisotopic (exact) mass is 315 g/mol. The minimum Gasteiger partial charge on any atom is -0.476 e. The Morgan fingerprint density at radius 3 is 2.76 bits per heavy atom. The van der Waals surface area contributed by atoms with E-state index >= 15 is 0 Å². The van der Waals surface area contributed by atoms with Gasteiger partial charge in [-0.25, -0.2) is 14.6 Å². The van der Waals surface area contributed by atoms with E-state index in [0.29, 0.717) is 18.2 Å². The first-order valence-electron chi connectivity index (χ1n) is 6.90. The van der Waals surface area contributed by atoms with E-state index in [-0.39, 0.29) is 18.3 Å². The summed E-state index contributed by atoms with van der Waals surface area (Å²) in [4.78, 5) is 26.0. The largest absolute Gasteiger partial charge is 0.476 e. The van der Waals surface area contributed by atoms with Gasteiger partial charge in [-0.1, -0.05) is 13.3 Å². The Kier molecular flexibility index (Phi) is 8.37. The van der Waals surface area contributed by atoms with Crippen molar-refractivity contribution in [2.75, 3.05) is 19.8 Å². The number of amides is 2. The number of carbonyl (C=O) groups is 2. The summed E-state index contributed by atoms with van der Waals surface area (Å²) >= 11 is 1.20. The van der Waals surface area contributed by atoms with E-state index in [4.69, 9.17) is 9.84 Å². The quantitative estimate of drug-likeness (QED) is 0.572. The predicted molar refractivity (Wildman–Crippen MR) is 79.7 cm³/mol. The Bertz CT molecular complexity index is 450. The molecule has 0 bridgehead atoms. The molecular formula is C13H21N3O4S. The van der Waals surface area contributed by atoms with Crippen LogP contribution in [0.4, 0.5) is 4.79 Å². The van der Waals surface area contributed by atoms with Crippen molar-refractivity contribution in [3.05, 3.63) is 16.1 Å². The van der Waals surface area contributed by atoms with Crippen LogP contribution in [-0.4, -0.2) is 41.8 Å². The van der Waals surface area contributed by atoms with Crippen LogP contribution in [0, 0.1) is 0 Å². The van der Waals surface area contributed by atoms with E-state index in [1.165, 1.54) is 16.7 Å². The van der Waals surface area contributed by atoms with Gasteiger partial charge in [-0.05, 0) is 12.8 Å². The number of aromatic nitrogens is 1. The highest BCUT2D eigenvalue weighted by atomic mass is 32.1. The standard InChI is InChI=1S/C13H21N3O4S/c1-2-3-6-20-7-4-5-14-13(19)15-8-11-16-10(9-21-11)12(17)18/h9H,2-8H2,1H3,(H,17,18)(H2,14,15,19). The molecular weight excluding hydrogens is 294 g/mol. The molecule has 0 unspecified atom stereocenters. The number of ether oxygens (including phenoxy) is 1. The predicted octanol–water partition coefficient (Wildman–Crippen LogP) is 1.85. The van der Waals surface area contributed by atoms with Crippen LogP contribution in [-0.2, 0) is 11.3 Å². The number of nitrogens with one attached hydrogen (secondary N) is 2. The van der Waals surface area contributed by atoms with Crippen LogP contribution in [0.1, 0.15) is 41.7 Å². The number of hydrogen-bond donors (Lipinski definition) is 3. The molecule has 118 valence electrons. The molecule has 1 aromatic heterocycles. The zero-order valence-corrected chi connectivity index (χ0v) is 12.9. The summed E-state index contributed by atoms with van der Waals surface area (Å²) in [6, 6.07) is -0.296. The molecule has 0 aromatic carbocycles. The fourth-order valence-corrected chi connectivity index (χ4v) is 2.14. The first kappa shape index (κ1) is 17.4. The molecule has 0 aliphatic rings. The minimum absolute atomic E-state index is 0.00133. The lowest BCUT2D eigenvalue weighted by Gasteiger charge is -2.06. The maximum atomic E-state index is 11.5. The molecule has 0 spiro atoms. The van der Waals surface area contributed by atoms with Crippen molar-refractivity contribution in [2.45, 2.75) is 32.7 Å².